The van der Waals surface area contributed by atoms with Gasteiger partial charge in [0, 0.05) is 5.56 Å². The summed E-state index contributed by atoms with van der Waals surface area (Å²) in [6.45, 7) is 0. The van der Waals surface area contributed by atoms with Crippen molar-refractivity contribution in [1.82, 2.24) is 4.98 Å². The first-order valence-electron chi connectivity index (χ1n) is 3.24. The van der Waals surface area contributed by atoms with Gasteiger partial charge in [0.05, 0.1) is 17.1 Å². The quantitative estimate of drug-likeness (QED) is 0.708. The first-order valence-corrected chi connectivity index (χ1v) is 4.16. The summed E-state index contributed by atoms with van der Waals surface area (Å²) in [6.07, 6.45) is -2.14. The van der Waals surface area contributed by atoms with E-state index in [1.807, 2.05) is 0 Å². The van der Waals surface area contributed by atoms with Gasteiger partial charge in [0.1, 0.15) is 11.5 Å². The number of rotatable bonds is 2. The molecule has 0 saturated heterocycles. The summed E-state index contributed by atoms with van der Waals surface area (Å²) < 4.78 is 37.1. The normalized spacial score (nSPS) is 10.9. The van der Waals surface area contributed by atoms with Gasteiger partial charge in [-0.25, -0.2) is 13.2 Å². The van der Waals surface area contributed by atoms with Crippen LogP contribution >= 0.6 is 23.2 Å². The van der Waals surface area contributed by atoms with Crippen molar-refractivity contribution < 1.29 is 13.2 Å². The third kappa shape index (κ3) is 2.06. The van der Waals surface area contributed by atoms with Gasteiger partial charge in [-0.15, -0.1) is 11.6 Å². The number of nitrogens with zero attached hydrogens (tertiary/aromatic N) is 1. The van der Waals surface area contributed by atoms with Gasteiger partial charge in [0.15, 0.2) is 0 Å². The van der Waals surface area contributed by atoms with Crippen molar-refractivity contribution >= 4 is 23.2 Å². The molecule has 0 atom stereocenters. The number of hydrogen-bond acceptors (Lipinski definition) is 1. The van der Waals surface area contributed by atoms with Crippen molar-refractivity contribution in [3.05, 3.63) is 28.3 Å². The summed E-state index contributed by atoms with van der Waals surface area (Å²) in [5.41, 5.74) is -0.785. The topological polar surface area (TPSA) is 12.9 Å². The van der Waals surface area contributed by atoms with Crippen molar-refractivity contribution in [3.63, 3.8) is 0 Å². The fraction of sp³-hybridized carbons (Fsp3) is 0.286. The molecule has 1 aromatic heterocycles. The van der Waals surface area contributed by atoms with Gasteiger partial charge in [-0.3, -0.25) is 4.98 Å². The molecule has 72 valence electrons. The van der Waals surface area contributed by atoms with E-state index in [4.69, 9.17) is 23.2 Å². The molecule has 1 rings (SSSR count). The second kappa shape index (κ2) is 4.15. The molecule has 0 aromatic carbocycles. The lowest BCUT2D eigenvalue weighted by atomic mass is 10.2. The van der Waals surface area contributed by atoms with Gasteiger partial charge < -0.3 is 0 Å². The second-order valence-electron chi connectivity index (χ2n) is 2.22. The van der Waals surface area contributed by atoms with Gasteiger partial charge >= 0.3 is 0 Å². The van der Waals surface area contributed by atoms with Crippen LogP contribution in [0.1, 0.15) is 17.7 Å². The van der Waals surface area contributed by atoms with Gasteiger partial charge in [-0.1, -0.05) is 11.6 Å². The fourth-order valence-electron chi connectivity index (χ4n) is 0.795. The molecular formula is C7H4Cl2F3N. The Bertz CT molecular complexity index is 317. The summed E-state index contributed by atoms with van der Waals surface area (Å²) in [6, 6.07) is 0. The number of hydrogen-bond donors (Lipinski definition) is 0. The lowest BCUT2D eigenvalue weighted by molar-refractivity contribution is 0.146. The lowest BCUT2D eigenvalue weighted by Crippen LogP contribution is -1.98. The van der Waals surface area contributed by atoms with Crippen LogP contribution in [0.2, 0.25) is 5.02 Å². The van der Waals surface area contributed by atoms with Crippen LogP contribution in [0.4, 0.5) is 13.2 Å². The van der Waals surface area contributed by atoms with E-state index in [1.165, 1.54) is 0 Å². The third-order valence-corrected chi connectivity index (χ3v) is 2.12. The van der Waals surface area contributed by atoms with E-state index < -0.39 is 23.0 Å². The van der Waals surface area contributed by atoms with Gasteiger partial charge in [-0.05, 0) is 0 Å². The highest BCUT2D eigenvalue weighted by molar-refractivity contribution is 6.32. The zero-order valence-electron chi connectivity index (χ0n) is 6.20. The zero-order chi connectivity index (χ0) is 10.0. The van der Waals surface area contributed by atoms with Crippen LogP contribution < -0.4 is 0 Å². The second-order valence-corrected chi connectivity index (χ2v) is 2.86. The molecular weight excluding hydrogens is 226 g/mol. The maximum absolute atomic E-state index is 12.8. The lowest BCUT2D eigenvalue weighted by Gasteiger charge is -2.06. The van der Waals surface area contributed by atoms with Crippen molar-refractivity contribution in [3.8, 4) is 0 Å². The maximum atomic E-state index is 12.8. The third-order valence-electron chi connectivity index (χ3n) is 1.44. The summed E-state index contributed by atoms with van der Waals surface area (Å²) in [4.78, 5) is 3.17. The summed E-state index contributed by atoms with van der Waals surface area (Å²) in [5, 5.41) is -0.398. The molecule has 13 heavy (non-hydrogen) atoms. The average molecular weight is 230 g/mol. The van der Waals surface area contributed by atoms with E-state index in [0.29, 0.717) is 6.20 Å². The SMILES string of the molecule is Fc1cnc(C(F)F)c(Cl)c1CCl. The Morgan fingerprint density at radius 3 is 2.54 bits per heavy atom. The van der Waals surface area contributed by atoms with Crippen LogP contribution in [0.25, 0.3) is 0 Å². The monoisotopic (exact) mass is 229 g/mol. The van der Waals surface area contributed by atoms with Crippen LogP contribution in [0.15, 0.2) is 6.20 Å². The molecule has 0 bridgehead atoms. The predicted molar refractivity (Wildman–Crippen MR) is 43.7 cm³/mol. The van der Waals surface area contributed by atoms with Crippen molar-refractivity contribution in [2.45, 2.75) is 12.3 Å². The van der Waals surface area contributed by atoms with Crippen LogP contribution in [0.5, 0.6) is 0 Å². The Kier molecular flexibility index (Phi) is 3.39. The number of aromatic nitrogens is 1. The molecule has 0 N–H and O–H groups in total. The van der Waals surface area contributed by atoms with Crippen LogP contribution in [-0.2, 0) is 5.88 Å². The molecule has 0 aliphatic carbocycles. The van der Waals surface area contributed by atoms with Crippen molar-refractivity contribution in [1.29, 1.82) is 0 Å². The molecule has 0 spiro atoms. The summed E-state index contributed by atoms with van der Waals surface area (Å²) in [5.74, 6) is -1.03. The summed E-state index contributed by atoms with van der Waals surface area (Å²) >= 11 is 10.8. The minimum absolute atomic E-state index is 0.145. The van der Waals surface area contributed by atoms with Crippen LogP contribution in [-0.4, -0.2) is 4.98 Å². The standard InChI is InChI=1S/C7H4Cl2F3N/c8-1-3-4(10)2-13-6(5(3)9)7(11)12/h2,7H,1H2. The smallest absolute Gasteiger partial charge is 0.251 e. The van der Waals surface area contributed by atoms with E-state index >= 15 is 0 Å². The zero-order valence-corrected chi connectivity index (χ0v) is 7.71. The Balaban J connectivity index is 3.27. The molecule has 6 heteroatoms. The van der Waals surface area contributed by atoms with Crippen molar-refractivity contribution in [2.24, 2.45) is 0 Å². The summed E-state index contributed by atoms with van der Waals surface area (Å²) in [7, 11) is 0. The minimum Gasteiger partial charge on any atom is -0.251 e. The molecule has 0 fully saturated rings. The highest BCUT2D eigenvalue weighted by atomic mass is 35.5. The minimum atomic E-state index is -2.82. The number of halogens is 5. The van der Waals surface area contributed by atoms with Crippen molar-refractivity contribution in [2.75, 3.05) is 0 Å². The molecule has 0 radical (unpaired) electrons. The number of alkyl halides is 3. The van der Waals surface area contributed by atoms with E-state index in [-0.39, 0.29) is 11.4 Å². The maximum Gasteiger partial charge on any atom is 0.281 e. The fourth-order valence-corrected chi connectivity index (χ4v) is 1.41. The molecule has 1 nitrogen and oxygen atoms in total. The molecule has 0 saturated carbocycles. The predicted octanol–water partition coefficient (Wildman–Crippen LogP) is 3.55. The first kappa shape index (κ1) is 10.6. The Morgan fingerprint density at radius 2 is 2.08 bits per heavy atom. The van der Waals surface area contributed by atoms with E-state index in [0.717, 1.165) is 0 Å². The van der Waals surface area contributed by atoms with E-state index in [9.17, 15) is 13.2 Å². The van der Waals surface area contributed by atoms with E-state index in [1.54, 1.807) is 0 Å². The highest BCUT2D eigenvalue weighted by Gasteiger charge is 2.18. The van der Waals surface area contributed by atoms with Crippen LogP contribution in [0.3, 0.4) is 0 Å². The molecule has 0 aliphatic heterocycles. The largest absolute Gasteiger partial charge is 0.281 e. The molecule has 0 amide bonds. The molecule has 0 aliphatic rings. The molecule has 0 unspecified atom stereocenters. The Labute approximate surface area is 82.5 Å². The molecule has 1 aromatic rings. The van der Waals surface area contributed by atoms with Gasteiger partial charge in [0.25, 0.3) is 6.43 Å². The highest BCUT2D eigenvalue weighted by Crippen LogP contribution is 2.29. The Morgan fingerprint density at radius 1 is 1.46 bits per heavy atom. The number of pyridine rings is 1. The van der Waals surface area contributed by atoms with Gasteiger partial charge in [-0.2, -0.15) is 0 Å². The Hall–Kier alpha value is -0.480. The molecule has 1 heterocycles. The first-order chi connectivity index (χ1) is 6.07. The van der Waals surface area contributed by atoms with E-state index in [2.05, 4.69) is 4.98 Å². The average Bonchev–Trinajstić information content (AvgIpc) is 2.04. The van der Waals surface area contributed by atoms with Crippen LogP contribution in [0, 0.1) is 5.82 Å². The van der Waals surface area contributed by atoms with Gasteiger partial charge in [0.2, 0.25) is 0 Å².